The summed E-state index contributed by atoms with van der Waals surface area (Å²) in [4.78, 5) is 20.8. The number of likely N-dealkylation sites (N-methyl/N-ethyl adjacent to an activating group) is 1. The van der Waals surface area contributed by atoms with E-state index in [2.05, 4.69) is 18.1 Å². The normalized spacial score (nSPS) is 12.6. The van der Waals surface area contributed by atoms with Gasteiger partial charge in [-0.1, -0.05) is 0 Å². The summed E-state index contributed by atoms with van der Waals surface area (Å²) in [6.45, 7) is 0. The van der Waals surface area contributed by atoms with Crippen LogP contribution in [0.1, 0.15) is 0 Å². The number of hydrogen-bond donors (Lipinski definition) is 4. The number of hydrogen-bond acceptors (Lipinski definition) is 4. The number of amides is 2. The number of carbonyl (C=O) groups excluding carboxylic acids is 1. The average Bonchev–Trinajstić information content (AvgIpc) is 1.85. The number of carboxylic acids is 1. The molecule has 0 bridgehead atoms. The summed E-state index contributed by atoms with van der Waals surface area (Å²) in [7, 11) is 1.40. The number of aliphatic carboxylic acids is 1. The third-order valence-electron chi connectivity index (χ3n) is 1.21. The fraction of sp³-hybridized carbons (Fsp3) is 0.600. The minimum Gasteiger partial charge on any atom is -0.480 e. The molecule has 0 aromatic carbocycles. The standard InChI is InChI=1S/C5H11N3O3S/c1-8(7-5(6)11)3(2-12)4(9)10/h3,12H,2H2,1H3,(H,9,10)(H3,6,7,11). The molecule has 0 rings (SSSR count). The third kappa shape index (κ3) is 3.44. The second kappa shape index (κ2) is 4.83. The summed E-state index contributed by atoms with van der Waals surface area (Å²) in [5.41, 5.74) is 6.89. The smallest absolute Gasteiger partial charge is 0.326 e. The number of nitrogens with one attached hydrogen (secondary N) is 1. The SMILES string of the molecule is CN(NC(N)=O)C(CS)C(=O)O. The molecular formula is C5H11N3O3S. The average molecular weight is 193 g/mol. The van der Waals surface area contributed by atoms with E-state index in [0.717, 1.165) is 5.01 Å². The molecular weight excluding hydrogens is 182 g/mol. The van der Waals surface area contributed by atoms with E-state index in [0.29, 0.717) is 0 Å². The summed E-state index contributed by atoms with van der Waals surface area (Å²) in [6.07, 6.45) is 0. The molecule has 7 heteroatoms. The quantitative estimate of drug-likeness (QED) is 0.336. The fourth-order valence-electron chi connectivity index (χ4n) is 0.618. The van der Waals surface area contributed by atoms with Crippen LogP contribution in [0.5, 0.6) is 0 Å². The monoisotopic (exact) mass is 193 g/mol. The maximum atomic E-state index is 10.5. The molecule has 0 fully saturated rings. The van der Waals surface area contributed by atoms with Crippen molar-refractivity contribution in [1.82, 2.24) is 10.4 Å². The van der Waals surface area contributed by atoms with Crippen molar-refractivity contribution in [3.05, 3.63) is 0 Å². The molecule has 0 heterocycles. The summed E-state index contributed by atoms with van der Waals surface area (Å²) in [5.74, 6) is -0.979. The number of nitrogens with zero attached hydrogens (tertiary/aromatic N) is 1. The molecule has 0 spiro atoms. The summed E-state index contributed by atoms with van der Waals surface area (Å²) < 4.78 is 0. The van der Waals surface area contributed by atoms with Crippen LogP contribution in [0.25, 0.3) is 0 Å². The zero-order chi connectivity index (χ0) is 9.72. The van der Waals surface area contributed by atoms with Crippen molar-refractivity contribution < 1.29 is 14.7 Å². The van der Waals surface area contributed by atoms with Gasteiger partial charge in [0.25, 0.3) is 0 Å². The van der Waals surface area contributed by atoms with Crippen LogP contribution in [-0.2, 0) is 4.79 Å². The Hall–Kier alpha value is -0.950. The van der Waals surface area contributed by atoms with Crippen LogP contribution in [-0.4, -0.2) is 41.0 Å². The van der Waals surface area contributed by atoms with E-state index in [1.807, 2.05) is 0 Å². The molecule has 0 aliphatic carbocycles. The van der Waals surface area contributed by atoms with Gasteiger partial charge >= 0.3 is 12.0 Å². The van der Waals surface area contributed by atoms with Crippen molar-refractivity contribution in [2.24, 2.45) is 5.73 Å². The molecule has 1 unspecified atom stereocenters. The highest BCUT2D eigenvalue weighted by Gasteiger charge is 2.21. The molecule has 0 aliphatic rings. The van der Waals surface area contributed by atoms with E-state index in [1.54, 1.807) is 0 Å². The summed E-state index contributed by atoms with van der Waals surface area (Å²) in [5, 5.41) is 9.67. The lowest BCUT2D eigenvalue weighted by atomic mass is 10.3. The van der Waals surface area contributed by atoms with Gasteiger partial charge in [0.1, 0.15) is 6.04 Å². The van der Waals surface area contributed by atoms with Gasteiger partial charge in [0.2, 0.25) is 0 Å². The Labute approximate surface area is 75.1 Å². The van der Waals surface area contributed by atoms with Crippen LogP contribution in [0, 0.1) is 0 Å². The van der Waals surface area contributed by atoms with Crippen molar-refractivity contribution in [3.8, 4) is 0 Å². The minimum absolute atomic E-state index is 0.0894. The van der Waals surface area contributed by atoms with E-state index < -0.39 is 18.0 Å². The van der Waals surface area contributed by atoms with E-state index in [1.165, 1.54) is 7.05 Å². The molecule has 0 radical (unpaired) electrons. The molecule has 0 aliphatic heterocycles. The van der Waals surface area contributed by atoms with Gasteiger partial charge in [0, 0.05) is 12.8 Å². The number of nitrogens with two attached hydrogens (primary N) is 1. The van der Waals surface area contributed by atoms with E-state index in [-0.39, 0.29) is 5.75 Å². The molecule has 0 saturated carbocycles. The lowest BCUT2D eigenvalue weighted by Gasteiger charge is -2.22. The number of rotatable bonds is 4. The van der Waals surface area contributed by atoms with E-state index in [9.17, 15) is 9.59 Å². The van der Waals surface area contributed by atoms with E-state index in [4.69, 9.17) is 10.8 Å². The van der Waals surface area contributed by atoms with Gasteiger partial charge < -0.3 is 10.8 Å². The summed E-state index contributed by atoms with van der Waals surface area (Å²) in [6, 6.07) is -1.67. The predicted molar refractivity (Wildman–Crippen MR) is 45.8 cm³/mol. The first-order valence-corrected chi connectivity index (χ1v) is 3.75. The molecule has 2 amide bonds. The predicted octanol–water partition coefficient (Wildman–Crippen LogP) is -1.12. The number of hydrazine groups is 1. The van der Waals surface area contributed by atoms with Crippen molar-refractivity contribution >= 4 is 24.6 Å². The lowest BCUT2D eigenvalue weighted by Crippen LogP contribution is -2.51. The first-order chi connectivity index (χ1) is 5.49. The molecule has 70 valence electrons. The first kappa shape index (κ1) is 11.1. The van der Waals surface area contributed by atoms with Crippen LogP contribution in [0.3, 0.4) is 0 Å². The molecule has 12 heavy (non-hydrogen) atoms. The topological polar surface area (TPSA) is 95.7 Å². The molecule has 6 nitrogen and oxygen atoms in total. The minimum atomic E-state index is -1.07. The van der Waals surface area contributed by atoms with Crippen LogP contribution in [0.15, 0.2) is 0 Å². The fourth-order valence-corrected chi connectivity index (χ4v) is 1.02. The van der Waals surface area contributed by atoms with Crippen molar-refractivity contribution in [1.29, 1.82) is 0 Å². The zero-order valence-corrected chi connectivity index (χ0v) is 7.41. The van der Waals surface area contributed by atoms with Gasteiger partial charge in [0.15, 0.2) is 0 Å². The van der Waals surface area contributed by atoms with Crippen molar-refractivity contribution in [2.75, 3.05) is 12.8 Å². The zero-order valence-electron chi connectivity index (χ0n) is 6.52. The van der Waals surface area contributed by atoms with Gasteiger partial charge in [-0.2, -0.15) is 12.6 Å². The van der Waals surface area contributed by atoms with Gasteiger partial charge in [-0.3, -0.25) is 10.2 Å². The second-order valence-corrected chi connectivity index (χ2v) is 2.49. The molecule has 0 aromatic rings. The van der Waals surface area contributed by atoms with Crippen LogP contribution < -0.4 is 11.2 Å². The Bertz CT molecular complexity index is 187. The Kier molecular flexibility index (Phi) is 4.45. The van der Waals surface area contributed by atoms with Crippen molar-refractivity contribution in [2.45, 2.75) is 6.04 Å². The highest BCUT2D eigenvalue weighted by atomic mass is 32.1. The molecule has 0 saturated heterocycles. The third-order valence-corrected chi connectivity index (χ3v) is 1.56. The number of urea groups is 1. The molecule has 0 aromatic heterocycles. The second-order valence-electron chi connectivity index (χ2n) is 2.12. The largest absolute Gasteiger partial charge is 0.480 e. The first-order valence-electron chi connectivity index (χ1n) is 3.11. The number of carboxylic acid groups (broad SMARTS) is 1. The Morgan fingerprint density at radius 3 is 2.50 bits per heavy atom. The van der Waals surface area contributed by atoms with Gasteiger partial charge in [-0.05, 0) is 0 Å². The maximum Gasteiger partial charge on any atom is 0.326 e. The van der Waals surface area contributed by atoms with Crippen molar-refractivity contribution in [3.63, 3.8) is 0 Å². The van der Waals surface area contributed by atoms with Crippen LogP contribution >= 0.6 is 12.6 Å². The Morgan fingerprint density at radius 1 is 1.75 bits per heavy atom. The highest BCUT2D eigenvalue weighted by Crippen LogP contribution is 1.95. The molecule has 1 atom stereocenters. The number of carbonyl (C=O) groups is 2. The maximum absolute atomic E-state index is 10.5. The van der Waals surface area contributed by atoms with Gasteiger partial charge in [-0.25, -0.2) is 9.80 Å². The Morgan fingerprint density at radius 2 is 2.25 bits per heavy atom. The Balaban J connectivity index is 4.11. The molecule has 4 N–H and O–H groups in total. The van der Waals surface area contributed by atoms with Gasteiger partial charge in [0.05, 0.1) is 0 Å². The number of primary amides is 1. The summed E-state index contributed by atoms with van der Waals surface area (Å²) >= 11 is 3.80. The highest BCUT2D eigenvalue weighted by molar-refractivity contribution is 7.80. The lowest BCUT2D eigenvalue weighted by molar-refractivity contribution is -0.142. The van der Waals surface area contributed by atoms with E-state index >= 15 is 0 Å². The van der Waals surface area contributed by atoms with Crippen LogP contribution in [0.2, 0.25) is 0 Å². The van der Waals surface area contributed by atoms with Crippen LogP contribution in [0.4, 0.5) is 4.79 Å². The van der Waals surface area contributed by atoms with Gasteiger partial charge in [-0.15, -0.1) is 0 Å². The number of thiol groups is 1.